The van der Waals surface area contributed by atoms with Crippen molar-refractivity contribution < 1.29 is 14.2 Å². The van der Waals surface area contributed by atoms with Crippen LogP contribution in [0.25, 0.3) is 0 Å². The van der Waals surface area contributed by atoms with Gasteiger partial charge in [-0.25, -0.2) is 4.39 Å². The zero-order chi connectivity index (χ0) is 14.1. The molecule has 0 saturated heterocycles. The summed E-state index contributed by atoms with van der Waals surface area (Å²) >= 11 is 5.91. The van der Waals surface area contributed by atoms with Gasteiger partial charge < -0.3 is 9.84 Å². The SMILES string of the molecule is OC(c1cccc(OC2CC2)c1)c1cccc(F)c1Cl. The van der Waals surface area contributed by atoms with E-state index in [1.54, 1.807) is 18.2 Å². The molecule has 2 aromatic rings. The van der Waals surface area contributed by atoms with Gasteiger partial charge in [0.05, 0.1) is 11.1 Å². The van der Waals surface area contributed by atoms with Crippen LogP contribution in [0.5, 0.6) is 5.75 Å². The summed E-state index contributed by atoms with van der Waals surface area (Å²) in [5.74, 6) is 0.185. The number of benzene rings is 2. The molecule has 0 aromatic heterocycles. The highest BCUT2D eigenvalue weighted by molar-refractivity contribution is 6.31. The Bertz CT molecular complexity index is 626. The zero-order valence-electron chi connectivity index (χ0n) is 10.7. The monoisotopic (exact) mass is 292 g/mol. The number of halogens is 2. The van der Waals surface area contributed by atoms with Crippen molar-refractivity contribution in [1.29, 1.82) is 0 Å². The third-order valence-corrected chi connectivity index (χ3v) is 3.68. The van der Waals surface area contributed by atoms with E-state index >= 15 is 0 Å². The van der Waals surface area contributed by atoms with E-state index < -0.39 is 11.9 Å². The topological polar surface area (TPSA) is 29.5 Å². The molecular weight excluding hydrogens is 279 g/mol. The first-order valence-electron chi connectivity index (χ1n) is 6.54. The number of hydrogen-bond acceptors (Lipinski definition) is 2. The molecule has 104 valence electrons. The Hall–Kier alpha value is -1.58. The summed E-state index contributed by atoms with van der Waals surface area (Å²) in [7, 11) is 0. The molecule has 2 nitrogen and oxygen atoms in total. The quantitative estimate of drug-likeness (QED) is 0.919. The molecule has 1 aliphatic rings. The van der Waals surface area contributed by atoms with Crippen molar-refractivity contribution in [2.24, 2.45) is 0 Å². The lowest BCUT2D eigenvalue weighted by Crippen LogP contribution is -2.03. The second-order valence-corrected chi connectivity index (χ2v) is 5.31. The van der Waals surface area contributed by atoms with Gasteiger partial charge in [0.2, 0.25) is 0 Å². The fraction of sp³-hybridized carbons (Fsp3) is 0.250. The van der Waals surface area contributed by atoms with Gasteiger partial charge in [-0.3, -0.25) is 0 Å². The van der Waals surface area contributed by atoms with Crippen molar-refractivity contribution >= 4 is 11.6 Å². The van der Waals surface area contributed by atoms with Gasteiger partial charge in [-0.1, -0.05) is 35.9 Å². The molecule has 0 amide bonds. The molecular formula is C16H14ClFO2. The van der Waals surface area contributed by atoms with Gasteiger partial charge in [-0.15, -0.1) is 0 Å². The molecule has 0 radical (unpaired) electrons. The minimum Gasteiger partial charge on any atom is -0.490 e. The molecule has 1 atom stereocenters. The van der Waals surface area contributed by atoms with Crippen LogP contribution in [0.4, 0.5) is 4.39 Å². The summed E-state index contributed by atoms with van der Waals surface area (Å²) in [4.78, 5) is 0. The molecule has 1 unspecified atom stereocenters. The van der Waals surface area contributed by atoms with E-state index in [4.69, 9.17) is 16.3 Å². The molecule has 0 heterocycles. The van der Waals surface area contributed by atoms with Gasteiger partial charge in [0.1, 0.15) is 17.7 Å². The van der Waals surface area contributed by atoms with E-state index in [2.05, 4.69) is 0 Å². The largest absolute Gasteiger partial charge is 0.490 e. The maximum Gasteiger partial charge on any atom is 0.142 e. The maximum absolute atomic E-state index is 13.4. The standard InChI is InChI=1S/C16H14ClFO2/c17-15-13(5-2-6-14(15)18)16(19)10-3-1-4-12(9-10)20-11-7-8-11/h1-6,9,11,16,19H,7-8H2. The third kappa shape index (κ3) is 2.79. The Morgan fingerprint density at radius 3 is 2.70 bits per heavy atom. The zero-order valence-corrected chi connectivity index (χ0v) is 11.5. The van der Waals surface area contributed by atoms with Gasteiger partial charge in [0.25, 0.3) is 0 Å². The van der Waals surface area contributed by atoms with Gasteiger partial charge in [-0.2, -0.15) is 0 Å². The first-order valence-corrected chi connectivity index (χ1v) is 6.91. The number of aliphatic hydroxyl groups excluding tert-OH is 1. The smallest absolute Gasteiger partial charge is 0.142 e. The van der Waals surface area contributed by atoms with E-state index in [1.165, 1.54) is 12.1 Å². The molecule has 4 heteroatoms. The Balaban J connectivity index is 1.89. The Morgan fingerprint density at radius 2 is 1.95 bits per heavy atom. The lowest BCUT2D eigenvalue weighted by atomic mass is 10.0. The highest BCUT2D eigenvalue weighted by Crippen LogP contribution is 2.33. The van der Waals surface area contributed by atoms with E-state index in [-0.39, 0.29) is 5.02 Å². The molecule has 1 fully saturated rings. The normalized spacial score (nSPS) is 15.9. The molecule has 1 saturated carbocycles. The average molecular weight is 293 g/mol. The first kappa shape index (κ1) is 13.4. The minimum absolute atomic E-state index is 0.0477. The van der Waals surface area contributed by atoms with Crippen molar-refractivity contribution in [3.05, 3.63) is 64.4 Å². The Morgan fingerprint density at radius 1 is 1.20 bits per heavy atom. The summed E-state index contributed by atoms with van der Waals surface area (Å²) in [6.07, 6.45) is 1.46. The van der Waals surface area contributed by atoms with Crippen LogP contribution in [0.1, 0.15) is 30.1 Å². The van der Waals surface area contributed by atoms with Crippen LogP contribution in [0.3, 0.4) is 0 Å². The van der Waals surface area contributed by atoms with Crippen molar-refractivity contribution in [3.8, 4) is 5.75 Å². The molecule has 1 aliphatic carbocycles. The molecule has 3 rings (SSSR count). The van der Waals surface area contributed by atoms with Crippen LogP contribution in [0, 0.1) is 5.82 Å². The molecule has 0 spiro atoms. The fourth-order valence-corrected chi connectivity index (χ4v) is 2.28. The summed E-state index contributed by atoms with van der Waals surface area (Å²) < 4.78 is 19.1. The van der Waals surface area contributed by atoms with Crippen LogP contribution < -0.4 is 4.74 Å². The summed E-state index contributed by atoms with van der Waals surface area (Å²) in [5.41, 5.74) is 0.992. The van der Waals surface area contributed by atoms with Gasteiger partial charge in [0.15, 0.2) is 0 Å². The summed E-state index contributed by atoms with van der Waals surface area (Å²) in [5, 5.41) is 10.3. The molecule has 0 bridgehead atoms. The van der Waals surface area contributed by atoms with Gasteiger partial charge >= 0.3 is 0 Å². The Kier molecular flexibility index (Phi) is 3.64. The maximum atomic E-state index is 13.4. The number of rotatable bonds is 4. The average Bonchev–Trinajstić information content (AvgIpc) is 3.25. The third-order valence-electron chi connectivity index (χ3n) is 3.28. The second-order valence-electron chi connectivity index (χ2n) is 4.94. The highest BCUT2D eigenvalue weighted by Gasteiger charge is 2.24. The van der Waals surface area contributed by atoms with Gasteiger partial charge in [-0.05, 0) is 36.6 Å². The molecule has 1 N–H and O–H groups in total. The fourth-order valence-electron chi connectivity index (χ4n) is 2.05. The van der Waals surface area contributed by atoms with Crippen molar-refractivity contribution in [2.45, 2.75) is 25.0 Å². The van der Waals surface area contributed by atoms with E-state index in [1.807, 2.05) is 12.1 Å². The number of ether oxygens (including phenoxy) is 1. The van der Waals surface area contributed by atoms with Crippen molar-refractivity contribution in [3.63, 3.8) is 0 Å². The lowest BCUT2D eigenvalue weighted by molar-refractivity contribution is 0.218. The highest BCUT2D eigenvalue weighted by atomic mass is 35.5. The number of hydrogen-bond donors (Lipinski definition) is 1. The van der Waals surface area contributed by atoms with Gasteiger partial charge in [0, 0.05) is 5.56 Å². The first-order chi connectivity index (χ1) is 9.65. The van der Waals surface area contributed by atoms with Crippen LogP contribution in [0.15, 0.2) is 42.5 Å². The van der Waals surface area contributed by atoms with E-state index in [0.717, 1.165) is 18.6 Å². The molecule has 2 aromatic carbocycles. The summed E-state index contributed by atoms with van der Waals surface area (Å²) in [6.45, 7) is 0. The van der Waals surface area contributed by atoms with Crippen LogP contribution in [0.2, 0.25) is 5.02 Å². The van der Waals surface area contributed by atoms with Crippen LogP contribution >= 0.6 is 11.6 Å². The predicted octanol–water partition coefficient (Wildman–Crippen LogP) is 4.10. The predicted molar refractivity (Wildman–Crippen MR) is 75.6 cm³/mol. The van der Waals surface area contributed by atoms with Crippen molar-refractivity contribution in [1.82, 2.24) is 0 Å². The van der Waals surface area contributed by atoms with Crippen LogP contribution in [-0.4, -0.2) is 11.2 Å². The lowest BCUT2D eigenvalue weighted by Gasteiger charge is -2.15. The van der Waals surface area contributed by atoms with Crippen LogP contribution in [-0.2, 0) is 0 Å². The minimum atomic E-state index is -0.971. The Labute approximate surface area is 121 Å². The molecule has 0 aliphatic heterocycles. The summed E-state index contributed by atoms with van der Waals surface area (Å²) in [6, 6.07) is 11.6. The number of aliphatic hydroxyl groups is 1. The van der Waals surface area contributed by atoms with E-state index in [0.29, 0.717) is 17.2 Å². The van der Waals surface area contributed by atoms with Crippen molar-refractivity contribution in [2.75, 3.05) is 0 Å². The molecule has 20 heavy (non-hydrogen) atoms. The second kappa shape index (κ2) is 5.43. The van der Waals surface area contributed by atoms with E-state index in [9.17, 15) is 9.50 Å².